The molecule has 560 valence electrons. The van der Waals surface area contributed by atoms with Crippen molar-refractivity contribution < 1.29 is 94.7 Å². The molecule has 96 heavy (non-hydrogen) atoms. The van der Waals surface area contributed by atoms with Gasteiger partial charge in [-0.15, -0.1) is 0 Å². The minimum Gasteiger partial charge on any atom is -0.376 e. The van der Waals surface area contributed by atoms with Crippen molar-refractivity contribution in [1.29, 1.82) is 0 Å². The number of fused-ring (bicyclic) bond motifs is 8. The van der Waals surface area contributed by atoms with E-state index < -0.39 is 0 Å². The van der Waals surface area contributed by atoms with Gasteiger partial charge in [0.15, 0.2) is 25.2 Å². The van der Waals surface area contributed by atoms with Gasteiger partial charge in [-0.3, -0.25) is 0 Å². The fraction of sp³-hybridized carbons (Fsp3) is 1.00. The predicted molar refractivity (Wildman–Crippen MR) is 364 cm³/mol. The second-order valence-electron chi connectivity index (χ2n) is 31.7. The molecule has 0 aromatic rings. The largest absolute Gasteiger partial charge is 0.376 e. The maximum absolute atomic E-state index is 5.81. The van der Waals surface area contributed by atoms with Gasteiger partial charge < -0.3 is 94.7 Å². The molecule has 0 spiro atoms. The van der Waals surface area contributed by atoms with Gasteiger partial charge in [0.2, 0.25) is 0 Å². The zero-order valence-electron chi connectivity index (χ0n) is 62.4. The maximum Gasteiger partial charge on any atom is 0.155 e. The fourth-order valence-electron chi connectivity index (χ4n) is 16.6. The van der Waals surface area contributed by atoms with Gasteiger partial charge in [0.1, 0.15) is 12.2 Å². The van der Waals surface area contributed by atoms with Crippen LogP contribution < -0.4 is 0 Å². The third kappa shape index (κ3) is 25.8. The van der Waals surface area contributed by atoms with Crippen LogP contribution in [0, 0.1) is 35.5 Å². The molecular formula is C76H136O20. The van der Waals surface area contributed by atoms with Crippen molar-refractivity contribution >= 4 is 0 Å². The van der Waals surface area contributed by atoms with Gasteiger partial charge in [0.05, 0.1) is 188 Å². The lowest BCUT2D eigenvalue weighted by Gasteiger charge is -2.40. The van der Waals surface area contributed by atoms with Crippen molar-refractivity contribution in [2.24, 2.45) is 35.5 Å². The Morgan fingerprint density at radius 1 is 0.156 bits per heavy atom. The van der Waals surface area contributed by atoms with Crippen molar-refractivity contribution in [2.75, 3.05) is 66.1 Å². The maximum atomic E-state index is 5.81. The second kappa shape index (κ2) is 39.9. The summed E-state index contributed by atoms with van der Waals surface area (Å²) in [7, 11) is 0. The van der Waals surface area contributed by atoms with Gasteiger partial charge in [-0.25, -0.2) is 0 Å². The summed E-state index contributed by atoms with van der Waals surface area (Å²) in [4.78, 5) is 0. The van der Waals surface area contributed by atoms with Crippen LogP contribution in [0.15, 0.2) is 0 Å². The highest BCUT2D eigenvalue weighted by atomic mass is 16.7. The normalized spacial score (nSPS) is 48.5. The first-order valence-corrected chi connectivity index (χ1v) is 38.7. The van der Waals surface area contributed by atoms with E-state index >= 15 is 0 Å². The van der Waals surface area contributed by atoms with Crippen LogP contribution in [-0.4, -0.2) is 226 Å². The van der Waals surface area contributed by atoms with Crippen LogP contribution in [0.2, 0.25) is 0 Å². The Hall–Kier alpha value is -0.800. The number of hydrogen-bond donors (Lipinski definition) is 0. The van der Waals surface area contributed by atoms with Crippen LogP contribution in [0.5, 0.6) is 0 Å². The average molecular weight is 1370 g/mol. The third-order valence-corrected chi connectivity index (χ3v) is 22.3. The summed E-state index contributed by atoms with van der Waals surface area (Å²) in [6.07, 6.45) is 28.8. The highest BCUT2D eigenvalue weighted by molar-refractivity contribution is 4.88. The molecule has 32 unspecified atom stereocenters. The molecule has 20 nitrogen and oxygen atoms in total. The lowest BCUT2D eigenvalue weighted by Crippen LogP contribution is -2.50. The Balaban J connectivity index is 0.000000129. The Morgan fingerprint density at radius 3 is 0.958 bits per heavy atom. The van der Waals surface area contributed by atoms with E-state index in [2.05, 4.69) is 76.2 Å². The van der Waals surface area contributed by atoms with Gasteiger partial charge in [0, 0.05) is 24.2 Å². The first-order valence-electron chi connectivity index (χ1n) is 38.7. The van der Waals surface area contributed by atoms with Crippen molar-refractivity contribution in [1.82, 2.24) is 0 Å². The summed E-state index contributed by atoms with van der Waals surface area (Å²) in [5, 5.41) is 0. The summed E-state index contributed by atoms with van der Waals surface area (Å²) in [5.41, 5.74) is 0. The number of hydrogen-bond acceptors (Lipinski definition) is 20. The van der Waals surface area contributed by atoms with Crippen LogP contribution in [0.1, 0.15) is 226 Å². The van der Waals surface area contributed by atoms with Gasteiger partial charge >= 0.3 is 0 Å². The molecule has 20 heteroatoms. The van der Waals surface area contributed by atoms with Crippen LogP contribution in [-0.2, 0) is 94.7 Å². The zero-order valence-corrected chi connectivity index (χ0v) is 62.4. The van der Waals surface area contributed by atoms with E-state index in [1.165, 1.54) is 70.6 Å². The highest BCUT2D eigenvalue weighted by Gasteiger charge is 2.42. The SMILES string of the molecule is CC1CC2CCC(C)OC2CO1.CC1CC2COC(C)OC2CO1.CC1CC2COC(C)OC2CO1.CC1CC2OCC(C)OC2CO1.CC1CCC2OC(C)CCC2O1.CC1CCC2OC(C)COC2C1.CC1CCC2OC(C)OCC2C1.CC1CCC2OC(C)OCC2O1. The van der Waals surface area contributed by atoms with E-state index in [1.807, 2.05) is 34.6 Å². The first-order chi connectivity index (χ1) is 46.0. The Morgan fingerprint density at radius 2 is 0.448 bits per heavy atom. The molecule has 2 saturated carbocycles. The molecule has 32 atom stereocenters. The Bertz CT molecular complexity index is 1560. The van der Waals surface area contributed by atoms with Crippen LogP contribution >= 0.6 is 0 Å². The monoisotopic (exact) mass is 1370 g/mol. The predicted octanol–water partition coefficient (Wildman–Crippen LogP) is 12.9. The van der Waals surface area contributed by atoms with Crippen molar-refractivity contribution in [3.05, 3.63) is 0 Å². The molecule has 0 N–H and O–H groups in total. The topological polar surface area (TPSA) is 185 Å². The molecule has 16 fully saturated rings. The van der Waals surface area contributed by atoms with Crippen molar-refractivity contribution in [3.63, 3.8) is 0 Å². The molecule has 0 aromatic carbocycles. The fourth-order valence-corrected chi connectivity index (χ4v) is 16.6. The minimum atomic E-state index is -0.0525. The van der Waals surface area contributed by atoms with Gasteiger partial charge in [-0.1, -0.05) is 13.8 Å². The van der Waals surface area contributed by atoms with Gasteiger partial charge in [-0.2, -0.15) is 0 Å². The third-order valence-electron chi connectivity index (χ3n) is 22.3. The van der Waals surface area contributed by atoms with E-state index in [1.54, 1.807) is 0 Å². The highest BCUT2D eigenvalue weighted by Crippen LogP contribution is 2.38. The molecule has 0 amide bonds. The van der Waals surface area contributed by atoms with E-state index in [0.717, 1.165) is 116 Å². The molecule has 14 saturated heterocycles. The molecular weight excluding hydrogens is 1230 g/mol. The Labute approximate surface area is 579 Å². The standard InChI is InChI=1S/4C10H18O2.4C9H16O3/c1-7-3-5-10-9(11-7)6-4-8(2)12-10;1-7-3-4-9-5-8(2)11-6-10(9)12-7;1-7-3-4-10-9(5-7)6-11-8(2)12-10;1-7-3-4-9-10(5-7)11-6-8(2)12-9;2*1-6-3-8-4-11-7(2)12-9(8)5-10-6;1-6-3-8-9(5-10-6)12-7(2)4-11-8;1-6-3-4-8-9(11-6)5-10-7(2)12-8/h4*7-10H,3-6H2,1-2H3;4*6-9H,3-5H2,1-2H3. The summed E-state index contributed by atoms with van der Waals surface area (Å²) in [5.74, 6) is 4.22. The van der Waals surface area contributed by atoms with Gasteiger partial charge in [-0.05, 0) is 224 Å². The quantitative estimate of drug-likeness (QED) is 0.223. The van der Waals surface area contributed by atoms with Crippen LogP contribution in [0.3, 0.4) is 0 Å². The first kappa shape index (κ1) is 79.3. The van der Waals surface area contributed by atoms with Gasteiger partial charge in [0.25, 0.3) is 0 Å². The van der Waals surface area contributed by atoms with Crippen LogP contribution in [0.25, 0.3) is 0 Å². The average Bonchev–Trinajstić information content (AvgIpc) is 1.27. The summed E-state index contributed by atoms with van der Waals surface area (Å²) in [6, 6.07) is 0. The van der Waals surface area contributed by atoms with E-state index in [9.17, 15) is 0 Å². The summed E-state index contributed by atoms with van der Waals surface area (Å²) in [6.45, 7) is 41.4. The summed E-state index contributed by atoms with van der Waals surface area (Å²) < 4.78 is 112. The second-order valence-corrected chi connectivity index (χ2v) is 31.7. The lowest BCUT2D eigenvalue weighted by molar-refractivity contribution is -0.276. The van der Waals surface area contributed by atoms with E-state index in [4.69, 9.17) is 94.7 Å². The smallest absolute Gasteiger partial charge is 0.155 e. The van der Waals surface area contributed by atoms with Crippen LogP contribution in [0.4, 0.5) is 0 Å². The molecule has 2 aliphatic carbocycles. The van der Waals surface area contributed by atoms with Crippen molar-refractivity contribution in [2.45, 2.75) is 386 Å². The number of ether oxygens (including phenoxy) is 20. The lowest BCUT2D eigenvalue weighted by atomic mass is 9.80. The Kier molecular flexibility index (Phi) is 33.0. The number of rotatable bonds is 0. The molecule has 14 heterocycles. The molecule has 16 rings (SSSR count). The minimum absolute atomic E-state index is 0.0275. The zero-order chi connectivity index (χ0) is 68.4. The summed E-state index contributed by atoms with van der Waals surface area (Å²) >= 11 is 0. The van der Waals surface area contributed by atoms with E-state index in [-0.39, 0.29) is 67.9 Å². The molecule has 0 radical (unpaired) electrons. The molecule has 0 bridgehead atoms. The molecule has 14 aliphatic heterocycles. The van der Waals surface area contributed by atoms with Crippen molar-refractivity contribution in [3.8, 4) is 0 Å². The van der Waals surface area contributed by atoms with E-state index in [0.29, 0.717) is 123 Å². The molecule has 16 aliphatic rings. The molecule has 0 aromatic heterocycles.